The molecule has 2 aromatic rings. The highest BCUT2D eigenvalue weighted by Crippen LogP contribution is 2.29. The standard InChI is InChI=1S/C22H27N3O4/c1-4-24-10-12-25(13-11-24)22(27)17-7-5-6-16(14-17)21(26)23-19-9-8-18(28-2)15-20(19)29-3/h5-9,14-15H,4,10-13H2,1-3H3,(H,23,26). The highest BCUT2D eigenvalue weighted by molar-refractivity contribution is 6.06. The van der Waals surface area contributed by atoms with E-state index in [4.69, 9.17) is 9.47 Å². The molecule has 3 rings (SSSR count). The van der Waals surface area contributed by atoms with E-state index >= 15 is 0 Å². The van der Waals surface area contributed by atoms with Gasteiger partial charge in [0.25, 0.3) is 11.8 Å². The second-order valence-electron chi connectivity index (χ2n) is 6.83. The molecule has 7 nitrogen and oxygen atoms in total. The van der Waals surface area contributed by atoms with Crippen molar-refractivity contribution in [1.82, 2.24) is 9.80 Å². The molecule has 29 heavy (non-hydrogen) atoms. The van der Waals surface area contributed by atoms with Gasteiger partial charge in [-0.05, 0) is 36.9 Å². The molecule has 0 atom stereocenters. The van der Waals surface area contributed by atoms with Crippen molar-refractivity contribution < 1.29 is 19.1 Å². The molecule has 0 spiro atoms. The minimum atomic E-state index is -0.307. The minimum absolute atomic E-state index is 0.0440. The first-order valence-electron chi connectivity index (χ1n) is 9.70. The first kappa shape index (κ1) is 20.7. The summed E-state index contributed by atoms with van der Waals surface area (Å²) in [5.41, 5.74) is 1.47. The van der Waals surface area contributed by atoms with Gasteiger partial charge in [0.05, 0.1) is 19.9 Å². The fraction of sp³-hybridized carbons (Fsp3) is 0.364. The number of piperazine rings is 1. The Morgan fingerprint density at radius 3 is 2.34 bits per heavy atom. The number of rotatable bonds is 6. The molecule has 0 radical (unpaired) electrons. The molecule has 1 N–H and O–H groups in total. The Morgan fingerprint density at radius 2 is 1.69 bits per heavy atom. The lowest BCUT2D eigenvalue weighted by Gasteiger charge is -2.34. The number of likely N-dealkylation sites (N-methyl/N-ethyl adjacent to an activating group) is 1. The van der Waals surface area contributed by atoms with E-state index in [2.05, 4.69) is 17.1 Å². The molecule has 1 fully saturated rings. The highest BCUT2D eigenvalue weighted by atomic mass is 16.5. The van der Waals surface area contributed by atoms with E-state index in [-0.39, 0.29) is 11.8 Å². The third kappa shape index (κ3) is 4.86. The van der Waals surface area contributed by atoms with E-state index in [1.54, 1.807) is 49.6 Å². The van der Waals surface area contributed by atoms with Crippen LogP contribution >= 0.6 is 0 Å². The maximum absolute atomic E-state index is 12.8. The number of hydrogen-bond acceptors (Lipinski definition) is 5. The van der Waals surface area contributed by atoms with Crippen LogP contribution in [-0.4, -0.2) is 68.6 Å². The predicted octanol–water partition coefficient (Wildman–Crippen LogP) is 2.73. The van der Waals surface area contributed by atoms with Crippen LogP contribution < -0.4 is 14.8 Å². The van der Waals surface area contributed by atoms with Crippen LogP contribution in [0.5, 0.6) is 11.5 Å². The van der Waals surface area contributed by atoms with Crippen LogP contribution in [0.3, 0.4) is 0 Å². The first-order chi connectivity index (χ1) is 14.0. The number of benzene rings is 2. The largest absolute Gasteiger partial charge is 0.497 e. The number of amides is 2. The third-order valence-corrected chi connectivity index (χ3v) is 5.14. The van der Waals surface area contributed by atoms with Crippen molar-refractivity contribution in [2.75, 3.05) is 52.3 Å². The number of nitrogens with zero attached hydrogens (tertiary/aromatic N) is 2. The van der Waals surface area contributed by atoms with Gasteiger partial charge in [0, 0.05) is 43.4 Å². The Bertz CT molecular complexity index is 876. The molecule has 0 aromatic heterocycles. The van der Waals surface area contributed by atoms with Crippen molar-refractivity contribution in [3.05, 3.63) is 53.6 Å². The Morgan fingerprint density at radius 1 is 0.966 bits per heavy atom. The third-order valence-electron chi connectivity index (χ3n) is 5.14. The summed E-state index contributed by atoms with van der Waals surface area (Å²) in [5.74, 6) is 0.783. The van der Waals surface area contributed by atoms with Crippen LogP contribution in [0.25, 0.3) is 0 Å². The van der Waals surface area contributed by atoms with Crippen molar-refractivity contribution in [2.24, 2.45) is 0 Å². The van der Waals surface area contributed by atoms with Gasteiger partial charge in [-0.1, -0.05) is 13.0 Å². The molecular formula is C22H27N3O4. The van der Waals surface area contributed by atoms with E-state index in [0.717, 1.165) is 19.6 Å². The molecular weight excluding hydrogens is 370 g/mol. The Balaban J connectivity index is 1.72. The van der Waals surface area contributed by atoms with Gasteiger partial charge in [0.2, 0.25) is 0 Å². The van der Waals surface area contributed by atoms with E-state index in [0.29, 0.717) is 41.4 Å². The van der Waals surface area contributed by atoms with Crippen LogP contribution in [0.15, 0.2) is 42.5 Å². The SMILES string of the molecule is CCN1CCN(C(=O)c2cccc(C(=O)Nc3ccc(OC)cc3OC)c2)CC1. The summed E-state index contributed by atoms with van der Waals surface area (Å²) in [6.45, 7) is 6.27. The summed E-state index contributed by atoms with van der Waals surface area (Å²) >= 11 is 0. The molecule has 2 amide bonds. The molecule has 7 heteroatoms. The Kier molecular flexibility index (Phi) is 6.72. The maximum atomic E-state index is 12.8. The van der Waals surface area contributed by atoms with Crippen LogP contribution in [0, 0.1) is 0 Å². The zero-order valence-electron chi connectivity index (χ0n) is 17.1. The van der Waals surface area contributed by atoms with Gasteiger partial charge in [-0.3, -0.25) is 9.59 Å². The average Bonchev–Trinajstić information content (AvgIpc) is 2.78. The molecule has 0 unspecified atom stereocenters. The summed E-state index contributed by atoms with van der Waals surface area (Å²) in [6.07, 6.45) is 0. The number of hydrogen-bond donors (Lipinski definition) is 1. The van der Waals surface area contributed by atoms with Crippen LogP contribution in [0.4, 0.5) is 5.69 Å². The van der Waals surface area contributed by atoms with E-state index in [1.807, 2.05) is 4.90 Å². The van der Waals surface area contributed by atoms with Gasteiger partial charge < -0.3 is 24.6 Å². The fourth-order valence-electron chi connectivity index (χ4n) is 3.34. The number of carbonyl (C=O) groups excluding carboxylic acids is 2. The molecule has 1 aliphatic rings. The van der Waals surface area contributed by atoms with Gasteiger partial charge in [0.15, 0.2) is 0 Å². The highest BCUT2D eigenvalue weighted by Gasteiger charge is 2.22. The topological polar surface area (TPSA) is 71.1 Å². The molecule has 1 saturated heterocycles. The normalized spacial score (nSPS) is 14.4. The van der Waals surface area contributed by atoms with E-state index in [1.165, 1.54) is 7.11 Å². The lowest BCUT2D eigenvalue weighted by atomic mass is 10.1. The molecule has 1 aliphatic heterocycles. The van der Waals surface area contributed by atoms with Gasteiger partial charge in [-0.15, -0.1) is 0 Å². The molecule has 2 aromatic carbocycles. The average molecular weight is 397 g/mol. The predicted molar refractivity (Wildman–Crippen MR) is 112 cm³/mol. The van der Waals surface area contributed by atoms with Gasteiger partial charge in [-0.25, -0.2) is 0 Å². The fourth-order valence-corrected chi connectivity index (χ4v) is 3.34. The summed E-state index contributed by atoms with van der Waals surface area (Å²) < 4.78 is 10.5. The van der Waals surface area contributed by atoms with Crippen LogP contribution in [-0.2, 0) is 0 Å². The summed E-state index contributed by atoms with van der Waals surface area (Å²) in [6, 6.07) is 12.0. The second kappa shape index (κ2) is 9.43. The monoisotopic (exact) mass is 397 g/mol. The van der Waals surface area contributed by atoms with Gasteiger partial charge in [-0.2, -0.15) is 0 Å². The van der Waals surface area contributed by atoms with Gasteiger partial charge in [0.1, 0.15) is 11.5 Å². The zero-order valence-corrected chi connectivity index (χ0v) is 17.1. The van der Waals surface area contributed by atoms with Crippen LogP contribution in [0.1, 0.15) is 27.6 Å². The van der Waals surface area contributed by atoms with E-state index in [9.17, 15) is 9.59 Å². The Hall–Kier alpha value is -3.06. The van der Waals surface area contributed by atoms with Crippen molar-refractivity contribution in [3.63, 3.8) is 0 Å². The second-order valence-corrected chi connectivity index (χ2v) is 6.83. The summed E-state index contributed by atoms with van der Waals surface area (Å²) in [5, 5.41) is 2.84. The minimum Gasteiger partial charge on any atom is -0.497 e. The van der Waals surface area contributed by atoms with E-state index < -0.39 is 0 Å². The number of carbonyl (C=O) groups is 2. The lowest BCUT2D eigenvalue weighted by molar-refractivity contribution is 0.0643. The quantitative estimate of drug-likeness (QED) is 0.812. The number of nitrogens with one attached hydrogen (secondary N) is 1. The first-order valence-corrected chi connectivity index (χ1v) is 9.70. The zero-order chi connectivity index (χ0) is 20.8. The van der Waals surface area contributed by atoms with Crippen molar-refractivity contribution >= 4 is 17.5 Å². The number of ether oxygens (including phenoxy) is 2. The van der Waals surface area contributed by atoms with Gasteiger partial charge >= 0.3 is 0 Å². The maximum Gasteiger partial charge on any atom is 0.255 e. The molecule has 1 heterocycles. The summed E-state index contributed by atoms with van der Waals surface area (Å²) in [7, 11) is 3.10. The molecule has 154 valence electrons. The van der Waals surface area contributed by atoms with Crippen molar-refractivity contribution in [1.29, 1.82) is 0 Å². The number of anilines is 1. The van der Waals surface area contributed by atoms with Crippen molar-refractivity contribution in [3.8, 4) is 11.5 Å². The summed E-state index contributed by atoms with van der Waals surface area (Å²) in [4.78, 5) is 29.7. The smallest absolute Gasteiger partial charge is 0.255 e. The number of methoxy groups -OCH3 is 2. The Labute approximate surface area is 171 Å². The molecule has 0 bridgehead atoms. The molecule has 0 saturated carbocycles. The molecule has 0 aliphatic carbocycles. The lowest BCUT2D eigenvalue weighted by Crippen LogP contribution is -2.48. The van der Waals surface area contributed by atoms with Crippen LogP contribution in [0.2, 0.25) is 0 Å². The van der Waals surface area contributed by atoms with Crippen molar-refractivity contribution in [2.45, 2.75) is 6.92 Å².